The minimum Gasteiger partial charge on any atom is -0.373 e. The topological polar surface area (TPSA) is 83.9 Å². The van der Waals surface area contributed by atoms with Crippen LogP contribution in [-0.2, 0) is 0 Å². The normalized spacial score (nSPS) is 19.9. The van der Waals surface area contributed by atoms with Gasteiger partial charge in [-0.05, 0) is 32.6 Å². The highest BCUT2D eigenvalue weighted by atomic mass is 16.2. The van der Waals surface area contributed by atoms with Gasteiger partial charge in [-0.2, -0.15) is 0 Å². The molecule has 7 heteroatoms. The van der Waals surface area contributed by atoms with E-state index in [0.717, 1.165) is 49.6 Å². The van der Waals surface area contributed by atoms with Gasteiger partial charge in [0.2, 0.25) is 0 Å². The van der Waals surface area contributed by atoms with Crippen molar-refractivity contribution >= 4 is 11.7 Å². The van der Waals surface area contributed by atoms with E-state index in [1.807, 2.05) is 24.9 Å². The molecule has 130 valence electrons. The average Bonchev–Trinajstić information content (AvgIpc) is 3.37. The number of aryl methyl sites for hydroxylation is 1. The SMILES string of the molecule is CNc1cc([C@H]2CCCN2C(=O)c2cnc(C3CC3)nc2)nc(C)n1. The Morgan fingerprint density at radius 1 is 1.20 bits per heavy atom. The van der Waals surface area contributed by atoms with Gasteiger partial charge in [-0.25, -0.2) is 19.9 Å². The quantitative estimate of drug-likeness (QED) is 0.922. The minimum atomic E-state index is -0.0237. The van der Waals surface area contributed by atoms with Gasteiger partial charge in [0.15, 0.2) is 0 Å². The molecule has 3 heterocycles. The van der Waals surface area contributed by atoms with Gasteiger partial charge in [-0.15, -0.1) is 0 Å². The van der Waals surface area contributed by atoms with Crippen molar-refractivity contribution in [2.75, 3.05) is 18.9 Å². The van der Waals surface area contributed by atoms with E-state index in [0.29, 0.717) is 17.3 Å². The van der Waals surface area contributed by atoms with Gasteiger partial charge in [0.05, 0.1) is 17.3 Å². The van der Waals surface area contributed by atoms with Crippen LogP contribution in [0.15, 0.2) is 18.5 Å². The third-order valence-electron chi connectivity index (χ3n) is 4.83. The van der Waals surface area contributed by atoms with Crippen LogP contribution in [0.1, 0.15) is 65.3 Å². The molecule has 25 heavy (non-hydrogen) atoms. The molecule has 0 spiro atoms. The summed E-state index contributed by atoms with van der Waals surface area (Å²) in [6.45, 7) is 2.60. The summed E-state index contributed by atoms with van der Waals surface area (Å²) in [6, 6.07) is 1.90. The Bertz CT molecular complexity index is 787. The van der Waals surface area contributed by atoms with Crippen LogP contribution in [0.3, 0.4) is 0 Å². The maximum absolute atomic E-state index is 13.0. The van der Waals surface area contributed by atoms with Gasteiger partial charge in [-0.1, -0.05) is 0 Å². The molecule has 1 aliphatic carbocycles. The molecule has 0 bridgehead atoms. The molecular weight excluding hydrogens is 316 g/mol. The van der Waals surface area contributed by atoms with E-state index in [9.17, 15) is 4.79 Å². The Labute approximate surface area is 146 Å². The standard InChI is InChI=1S/C18H22N6O/c1-11-22-14(8-16(19-2)23-11)15-4-3-7-24(15)18(25)13-9-20-17(21-10-13)12-5-6-12/h8-10,12,15H,3-7H2,1-2H3,(H,19,22,23)/t15-/m1/s1. The third-order valence-corrected chi connectivity index (χ3v) is 4.83. The number of amides is 1. The molecule has 1 atom stereocenters. The lowest BCUT2D eigenvalue weighted by atomic mass is 10.1. The number of rotatable bonds is 4. The lowest BCUT2D eigenvalue weighted by Crippen LogP contribution is -2.31. The van der Waals surface area contributed by atoms with Gasteiger partial charge >= 0.3 is 0 Å². The molecule has 1 saturated heterocycles. The predicted molar refractivity (Wildman–Crippen MR) is 93.3 cm³/mol. The molecule has 0 unspecified atom stereocenters. The first-order valence-corrected chi connectivity index (χ1v) is 8.82. The summed E-state index contributed by atoms with van der Waals surface area (Å²) >= 11 is 0. The molecular formula is C18H22N6O. The zero-order valence-corrected chi connectivity index (χ0v) is 14.6. The highest BCUT2D eigenvalue weighted by molar-refractivity contribution is 5.94. The summed E-state index contributed by atoms with van der Waals surface area (Å²) in [5.41, 5.74) is 1.44. The number of anilines is 1. The minimum absolute atomic E-state index is 0.0212. The van der Waals surface area contributed by atoms with Crippen molar-refractivity contribution in [1.82, 2.24) is 24.8 Å². The highest BCUT2D eigenvalue weighted by Gasteiger charge is 2.33. The summed E-state index contributed by atoms with van der Waals surface area (Å²) in [6.07, 6.45) is 7.53. The Balaban J connectivity index is 1.58. The molecule has 2 fully saturated rings. The molecule has 4 rings (SSSR count). The summed E-state index contributed by atoms with van der Waals surface area (Å²) < 4.78 is 0. The number of hydrogen-bond donors (Lipinski definition) is 1. The summed E-state index contributed by atoms with van der Waals surface area (Å²) in [5.74, 6) is 2.82. The van der Waals surface area contributed by atoms with Gasteiger partial charge in [-0.3, -0.25) is 4.79 Å². The van der Waals surface area contributed by atoms with Gasteiger partial charge in [0.1, 0.15) is 17.5 Å². The van der Waals surface area contributed by atoms with Gasteiger partial charge in [0, 0.05) is 38.0 Å². The van der Waals surface area contributed by atoms with Crippen LogP contribution in [0.25, 0.3) is 0 Å². The Morgan fingerprint density at radius 3 is 2.64 bits per heavy atom. The highest BCUT2D eigenvalue weighted by Crippen LogP contribution is 2.38. The van der Waals surface area contributed by atoms with E-state index in [1.165, 1.54) is 0 Å². The van der Waals surface area contributed by atoms with Crippen LogP contribution in [0.5, 0.6) is 0 Å². The number of aromatic nitrogens is 4. The van der Waals surface area contributed by atoms with Crippen molar-refractivity contribution < 1.29 is 4.79 Å². The lowest BCUT2D eigenvalue weighted by Gasteiger charge is -2.24. The van der Waals surface area contributed by atoms with Crippen molar-refractivity contribution in [2.45, 2.75) is 44.6 Å². The number of carbonyl (C=O) groups excluding carboxylic acids is 1. The number of likely N-dealkylation sites (tertiary alicyclic amines) is 1. The third kappa shape index (κ3) is 3.18. The molecule has 1 aliphatic heterocycles. The first-order valence-electron chi connectivity index (χ1n) is 8.82. The van der Waals surface area contributed by atoms with Crippen molar-refractivity contribution in [3.63, 3.8) is 0 Å². The van der Waals surface area contributed by atoms with Crippen molar-refractivity contribution in [3.8, 4) is 0 Å². The Hall–Kier alpha value is -2.57. The molecule has 0 radical (unpaired) electrons. The van der Waals surface area contributed by atoms with Crippen molar-refractivity contribution in [2.24, 2.45) is 0 Å². The van der Waals surface area contributed by atoms with E-state index in [1.54, 1.807) is 12.4 Å². The van der Waals surface area contributed by atoms with Crippen LogP contribution in [0.2, 0.25) is 0 Å². The molecule has 2 aromatic rings. The van der Waals surface area contributed by atoms with Crippen LogP contribution >= 0.6 is 0 Å². The second kappa shape index (κ2) is 6.38. The van der Waals surface area contributed by atoms with Gasteiger partial charge < -0.3 is 10.2 Å². The predicted octanol–water partition coefficient (Wildman–Crippen LogP) is 2.47. The Kier molecular flexibility index (Phi) is 4.07. The maximum Gasteiger partial charge on any atom is 0.257 e. The number of nitrogens with zero attached hydrogens (tertiary/aromatic N) is 5. The fraction of sp³-hybridized carbons (Fsp3) is 0.500. The molecule has 2 aliphatic rings. The van der Waals surface area contributed by atoms with E-state index >= 15 is 0 Å². The summed E-state index contributed by atoms with van der Waals surface area (Å²) in [4.78, 5) is 32.5. The first-order chi connectivity index (χ1) is 12.2. The van der Waals surface area contributed by atoms with E-state index in [2.05, 4.69) is 25.3 Å². The molecule has 7 nitrogen and oxygen atoms in total. The monoisotopic (exact) mass is 338 g/mol. The summed E-state index contributed by atoms with van der Waals surface area (Å²) in [7, 11) is 1.84. The largest absolute Gasteiger partial charge is 0.373 e. The van der Waals surface area contributed by atoms with Crippen LogP contribution in [-0.4, -0.2) is 44.3 Å². The first kappa shape index (κ1) is 15.9. The van der Waals surface area contributed by atoms with Crippen LogP contribution in [0, 0.1) is 6.92 Å². The van der Waals surface area contributed by atoms with Crippen LogP contribution in [0.4, 0.5) is 5.82 Å². The zero-order valence-electron chi connectivity index (χ0n) is 14.6. The smallest absolute Gasteiger partial charge is 0.257 e. The van der Waals surface area contributed by atoms with E-state index < -0.39 is 0 Å². The molecule has 2 aromatic heterocycles. The van der Waals surface area contributed by atoms with Crippen molar-refractivity contribution in [3.05, 3.63) is 41.4 Å². The van der Waals surface area contributed by atoms with E-state index in [-0.39, 0.29) is 11.9 Å². The molecule has 1 N–H and O–H groups in total. The second-order valence-electron chi connectivity index (χ2n) is 6.74. The van der Waals surface area contributed by atoms with E-state index in [4.69, 9.17) is 0 Å². The molecule has 0 aromatic carbocycles. The maximum atomic E-state index is 13.0. The fourth-order valence-electron chi connectivity index (χ4n) is 3.37. The lowest BCUT2D eigenvalue weighted by molar-refractivity contribution is 0.0731. The Morgan fingerprint density at radius 2 is 1.96 bits per heavy atom. The van der Waals surface area contributed by atoms with Gasteiger partial charge in [0.25, 0.3) is 5.91 Å². The number of nitrogens with one attached hydrogen (secondary N) is 1. The second-order valence-corrected chi connectivity index (χ2v) is 6.74. The van der Waals surface area contributed by atoms with Crippen LogP contribution < -0.4 is 5.32 Å². The number of carbonyl (C=O) groups is 1. The summed E-state index contributed by atoms with van der Waals surface area (Å²) in [5, 5.41) is 3.06. The fourth-order valence-corrected chi connectivity index (χ4v) is 3.37. The molecule has 1 saturated carbocycles. The number of hydrogen-bond acceptors (Lipinski definition) is 6. The van der Waals surface area contributed by atoms with Crippen molar-refractivity contribution in [1.29, 1.82) is 0 Å². The zero-order chi connectivity index (χ0) is 17.4. The average molecular weight is 338 g/mol. The molecule has 1 amide bonds.